The van der Waals surface area contributed by atoms with Crippen molar-refractivity contribution in [3.05, 3.63) is 30.1 Å². The van der Waals surface area contributed by atoms with Gasteiger partial charge in [-0.05, 0) is 30.9 Å². The molecule has 1 heterocycles. The van der Waals surface area contributed by atoms with Crippen LogP contribution in [0, 0.1) is 0 Å². The van der Waals surface area contributed by atoms with Crippen LogP contribution < -0.4 is 0 Å². The van der Waals surface area contributed by atoms with Crippen molar-refractivity contribution in [2.75, 3.05) is 0 Å². The highest BCUT2D eigenvalue weighted by Crippen LogP contribution is 2.08. The number of aryl methyl sites for hydroxylation is 1. The third-order valence-electron chi connectivity index (χ3n) is 2.38. The van der Waals surface area contributed by atoms with Gasteiger partial charge in [0.25, 0.3) is 0 Å². The number of hydrogen-bond acceptors (Lipinski definition) is 2. The largest absolute Gasteiger partial charge is 0.393 e. The molecule has 0 aliphatic rings. The molecule has 0 saturated carbocycles. The summed E-state index contributed by atoms with van der Waals surface area (Å²) in [5.74, 6) is 0. The van der Waals surface area contributed by atoms with E-state index in [0.717, 1.165) is 32.1 Å². The number of pyridine rings is 1. The lowest BCUT2D eigenvalue weighted by Crippen LogP contribution is -2.07. The predicted octanol–water partition coefficient (Wildman–Crippen LogP) is 2.57. The van der Waals surface area contributed by atoms with Gasteiger partial charge in [-0.1, -0.05) is 25.8 Å². The number of hydrogen-bond donors (Lipinski definition) is 1. The van der Waals surface area contributed by atoms with Crippen LogP contribution in [0.4, 0.5) is 0 Å². The van der Waals surface area contributed by atoms with Gasteiger partial charge in [-0.2, -0.15) is 0 Å². The highest BCUT2D eigenvalue weighted by Gasteiger charge is 2.03. The number of unbranched alkanes of at least 4 members (excludes halogenated alkanes) is 1. The molecule has 1 N–H and O–H groups in total. The van der Waals surface area contributed by atoms with Crippen molar-refractivity contribution in [3.63, 3.8) is 0 Å². The number of rotatable bonds is 6. The minimum absolute atomic E-state index is 0.143. The summed E-state index contributed by atoms with van der Waals surface area (Å²) in [5.41, 5.74) is 1.21. The van der Waals surface area contributed by atoms with Crippen molar-refractivity contribution >= 4 is 0 Å². The summed E-state index contributed by atoms with van der Waals surface area (Å²) in [6, 6.07) is 3.99. The topological polar surface area (TPSA) is 33.1 Å². The summed E-state index contributed by atoms with van der Waals surface area (Å²) in [6.45, 7) is 2.15. The molecular weight excluding hydrogens is 174 g/mol. The molecule has 1 aromatic heterocycles. The van der Waals surface area contributed by atoms with Crippen molar-refractivity contribution < 1.29 is 5.11 Å². The van der Waals surface area contributed by atoms with Gasteiger partial charge in [-0.3, -0.25) is 4.98 Å². The maximum absolute atomic E-state index is 9.62. The first kappa shape index (κ1) is 11.2. The Morgan fingerprint density at radius 2 is 2.29 bits per heavy atom. The van der Waals surface area contributed by atoms with Gasteiger partial charge in [0, 0.05) is 12.4 Å². The Labute approximate surface area is 86.0 Å². The summed E-state index contributed by atoms with van der Waals surface area (Å²) in [5, 5.41) is 9.62. The fraction of sp³-hybridized carbons (Fsp3) is 0.583. The van der Waals surface area contributed by atoms with Crippen LogP contribution in [-0.2, 0) is 6.42 Å². The Bertz CT molecular complexity index is 235. The third kappa shape index (κ3) is 4.38. The van der Waals surface area contributed by atoms with E-state index >= 15 is 0 Å². The minimum Gasteiger partial charge on any atom is -0.393 e. The molecule has 0 bridgehead atoms. The minimum atomic E-state index is -0.143. The Morgan fingerprint density at radius 3 is 2.93 bits per heavy atom. The van der Waals surface area contributed by atoms with Crippen LogP contribution >= 0.6 is 0 Å². The molecule has 1 unspecified atom stereocenters. The van der Waals surface area contributed by atoms with E-state index in [1.54, 1.807) is 6.20 Å². The van der Waals surface area contributed by atoms with Crippen LogP contribution in [0.5, 0.6) is 0 Å². The van der Waals surface area contributed by atoms with Crippen molar-refractivity contribution in [3.8, 4) is 0 Å². The second kappa shape index (κ2) is 6.55. The molecule has 1 atom stereocenters. The van der Waals surface area contributed by atoms with Crippen molar-refractivity contribution in [1.29, 1.82) is 0 Å². The van der Waals surface area contributed by atoms with Gasteiger partial charge in [-0.15, -0.1) is 0 Å². The monoisotopic (exact) mass is 193 g/mol. The van der Waals surface area contributed by atoms with E-state index in [1.807, 2.05) is 12.3 Å². The molecule has 1 aromatic rings. The smallest absolute Gasteiger partial charge is 0.0543 e. The van der Waals surface area contributed by atoms with Gasteiger partial charge in [0.05, 0.1) is 6.10 Å². The number of aromatic nitrogens is 1. The van der Waals surface area contributed by atoms with E-state index in [1.165, 1.54) is 5.56 Å². The van der Waals surface area contributed by atoms with Crippen molar-refractivity contribution in [2.24, 2.45) is 0 Å². The summed E-state index contributed by atoms with van der Waals surface area (Å²) < 4.78 is 0. The van der Waals surface area contributed by atoms with Crippen molar-refractivity contribution in [1.82, 2.24) is 4.98 Å². The Hall–Kier alpha value is -0.890. The molecule has 0 aromatic carbocycles. The summed E-state index contributed by atoms with van der Waals surface area (Å²) in [6.07, 6.45) is 8.48. The van der Waals surface area contributed by atoms with Gasteiger partial charge in [0.15, 0.2) is 0 Å². The average Bonchev–Trinajstić information content (AvgIpc) is 2.25. The molecular formula is C12H19NO. The SMILES string of the molecule is CCCCC(O)CCc1cccnc1. The quantitative estimate of drug-likeness (QED) is 0.753. The lowest BCUT2D eigenvalue weighted by atomic mass is 10.0. The number of aliphatic hydroxyl groups excluding tert-OH is 1. The molecule has 0 aliphatic heterocycles. The van der Waals surface area contributed by atoms with Gasteiger partial charge in [0.1, 0.15) is 0 Å². The fourth-order valence-corrected chi connectivity index (χ4v) is 1.46. The second-order valence-electron chi connectivity index (χ2n) is 3.70. The molecule has 0 saturated heterocycles. The highest BCUT2D eigenvalue weighted by atomic mass is 16.3. The zero-order chi connectivity index (χ0) is 10.2. The van der Waals surface area contributed by atoms with E-state index in [4.69, 9.17) is 0 Å². The molecule has 2 nitrogen and oxygen atoms in total. The lowest BCUT2D eigenvalue weighted by Gasteiger charge is -2.08. The van der Waals surface area contributed by atoms with E-state index in [-0.39, 0.29) is 6.10 Å². The standard InChI is InChI=1S/C12H19NO/c1-2-3-6-12(14)8-7-11-5-4-9-13-10-11/h4-5,9-10,12,14H,2-3,6-8H2,1H3. The first-order chi connectivity index (χ1) is 6.83. The molecule has 78 valence electrons. The Kier molecular flexibility index (Phi) is 5.23. The summed E-state index contributed by atoms with van der Waals surface area (Å²) >= 11 is 0. The molecule has 0 amide bonds. The Balaban J connectivity index is 2.20. The first-order valence-corrected chi connectivity index (χ1v) is 5.40. The fourth-order valence-electron chi connectivity index (χ4n) is 1.46. The van der Waals surface area contributed by atoms with Crippen LogP contribution in [0.15, 0.2) is 24.5 Å². The normalized spacial score (nSPS) is 12.7. The van der Waals surface area contributed by atoms with Crippen LogP contribution in [0.1, 0.15) is 38.2 Å². The molecule has 1 rings (SSSR count). The Morgan fingerprint density at radius 1 is 1.43 bits per heavy atom. The van der Waals surface area contributed by atoms with Crippen LogP contribution in [-0.4, -0.2) is 16.2 Å². The molecule has 14 heavy (non-hydrogen) atoms. The molecule has 0 radical (unpaired) electrons. The molecule has 2 heteroatoms. The van der Waals surface area contributed by atoms with Crippen LogP contribution in [0.25, 0.3) is 0 Å². The van der Waals surface area contributed by atoms with Gasteiger partial charge < -0.3 is 5.11 Å². The number of aliphatic hydroxyl groups is 1. The van der Waals surface area contributed by atoms with Gasteiger partial charge in [0.2, 0.25) is 0 Å². The van der Waals surface area contributed by atoms with Gasteiger partial charge >= 0.3 is 0 Å². The first-order valence-electron chi connectivity index (χ1n) is 5.40. The van der Waals surface area contributed by atoms with Crippen LogP contribution in [0.2, 0.25) is 0 Å². The van der Waals surface area contributed by atoms with E-state index in [0.29, 0.717) is 0 Å². The molecule has 0 fully saturated rings. The maximum Gasteiger partial charge on any atom is 0.0543 e. The van der Waals surface area contributed by atoms with E-state index in [9.17, 15) is 5.11 Å². The predicted molar refractivity (Wildman–Crippen MR) is 58.1 cm³/mol. The van der Waals surface area contributed by atoms with E-state index in [2.05, 4.69) is 18.0 Å². The third-order valence-corrected chi connectivity index (χ3v) is 2.38. The average molecular weight is 193 g/mol. The molecule has 0 aliphatic carbocycles. The zero-order valence-corrected chi connectivity index (χ0v) is 8.82. The van der Waals surface area contributed by atoms with Gasteiger partial charge in [-0.25, -0.2) is 0 Å². The van der Waals surface area contributed by atoms with Crippen molar-refractivity contribution in [2.45, 2.75) is 45.1 Å². The van der Waals surface area contributed by atoms with Crippen LogP contribution in [0.3, 0.4) is 0 Å². The number of nitrogens with zero attached hydrogens (tertiary/aromatic N) is 1. The zero-order valence-electron chi connectivity index (χ0n) is 8.82. The highest BCUT2D eigenvalue weighted by molar-refractivity contribution is 5.08. The second-order valence-corrected chi connectivity index (χ2v) is 3.70. The molecule has 0 spiro atoms. The summed E-state index contributed by atoms with van der Waals surface area (Å²) in [7, 11) is 0. The van der Waals surface area contributed by atoms with E-state index < -0.39 is 0 Å². The maximum atomic E-state index is 9.62. The lowest BCUT2D eigenvalue weighted by molar-refractivity contribution is 0.152. The summed E-state index contributed by atoms with van der Waals surface area (Å²) in [4.78, 5) is 4.04.